The maximum Gasteiger partial charge on any atom is 0.344 e. The van der Waals surface area contributed by atoms with Gasteiger partial charge in [-0.2, -0.15) is 0 Å². The number of carbonyl (C=O) groups excluding carboxylic acids is 2. The van der Waals surface area contributed by atoms with Gasteiger partial charge in [0.15, 0.2) is 0 Å². The van der Waals surface area contributed by atoms with Crippen molar-refractivity contribution in [2.45, 2.75) is 40.5 Å². The molecule has 2 aromatic rings. The van der Waals surface area contributed by atoms with Gasteiger partial charge in [0.25, 0.3) is 0 Å². The molecule has 0 bridgehead atoms. The molecule has 7 nitrogen and oxygen atoms in total. The second kappa shape index (κ2) is 9.78. The van der Waals surface area contributed by atoms with Gasteiger partial charge in [-0.1, -0.05) is 18.7 Å². The SMILES string of the molecule is CCCC(=O)N=C1S/C(=C\c2cc(C)n(-c3cccnc3)c2C)C(O)=C1C(=O)OCC. The Hall–Kier alpha value is -3.13. The van der Waals surface area contributed by atoms with E-state index < -0.39 is 5.97 Å². The number of pyridine rings is 1. The molecule has 8 heteroatoms. The number of thioether (sulfide) groups is 1. The molecule has 3 rings (SSSR count). The quantitative estimate of drug-likeness (QED) is 0.657. The number of esters is 1. The van der Waals surface area contributed by atoms with Crippen LogP contribution in [0.5, 0.6) is 0 Å². The maximum atomic E-state index is 12.4. The molecule has 0 saturated carbocycles. The van der Waals surface area contributed by atoms with Crippen LogP contribution >= 0.6 is 11.8 Å². The molecule has 3 heterocycles. The highest BCUT2D eigenvalue weighted by Crippen LogP contribution is 2.40. The molecule has 1 aliphatic rings. The van der Waals surface area contributed by atoms with Gasteiger partial charge in [0.05, 0.1) is 23.4 Å². The molecule has 1 N–H and O–H groups in total. The molecule has 0 atom stereocenters. The lowest BCUT2D eigenvalue weighted by Crippen LogP contribution is -2.14. The van der Waals surface area contributed by atoms with Crippen LogP contribution < -0.4 is 0 Å². The van der Waals surface area contributed by atoms with Crippen LogP contribution in [0.1, 0.15) is 43.6 Å². The Morgan fingerprint density at radius 1 is 1.32 bits per heavy atom. The number of aryl methyl sites for hydroxylation is 1. The van der Waals surface area contributed by atoms with Gasteiger partial charge >= 0.3 is 5.97 Å². The number of aliphatic hydroxyl groups is 1. The van der Waals surface area contributed by atoms with Crippen molar-refractivity contribution in [3.8, 4) is 5.69 Å². The summed E-state index contributed by atoms with van der Waals surface area (Å²) in [7, 11) is 0. The zero-order chi connectivity index (χ0) is 22.5. The Balaban J connectivity index is 2.05. The Kier molecular flexibility index (Phi) is 7.12. The van der Waals surface area contributed by atoms with Gasteiger partial charge < -0.3 is 14.4 Å². The third-order valence-electron chi connectivity index (χ3n) is 4.72. The number of ether oxygens (including phenoxy) is 1. The lowest BCUT2D eigenvalue weighted by Gasteiger charge is -2.08. The first-order valence-corrected chi connectivity index (χ1v) is 10.9. The molecule has 0 aromatic carbocycles. The van der Waals surface area contributed by atoms with E-state index in [4.69, 9.17) is 4.74 Å². The van der Waals surface area contributed by atoms with E-state index in [9.17, 15) is 14.7 Å². The van der Waals surface area contributed by atoms with Crippen molar-refractivity contribution in [2.24, 2.45) is 4.99 Å². The summed E-state index contributed by atoms with van der Waals surface area (Å²) in [4.78, 5) is 33.2. The summed E-state index contributed by atoms with van der Waals surface area (Å²) in [6.45, 7) is 7.67. The molecule has 0 spiro atoms. The maximum absolute atomic E-state index is 12.4. The number of hydrogen-bond acceptors (Lipinski definition) is 6. The predicted molar refractivity (Wildman–Crippen MR) is 122 cm³/mol. The minimum atomic E-state index is -0.695. The van der Waals surface area contributed by atoms with E-state index in [-0.39, 0.29) is 35.3 Å². The van der Waals surface area contributed by atoms with E-state index in [1.807, 2.05) is 39.0 Å². The number of hydrogen-bond donors (Lipinski definition) is 1. The molecule has 162 valence electrons. The molecule has 0 radical (unpaired) electrons. The molecule has 2 aromatic heterocycles. The fourth-order valence-corrected chi connectivity index (χ4v) is 4.36. The second-order valence-electron chi connectivity index (χ2n) is 6.99. The number of rotatable bonds is 6. The van der Waals surface area contributed by atoms with Crippen LogP contribution in [0, 0.1) is 13.8 Å². The number of aromatic nitrogens is 2. The molecule has 1 amide bonds. The third kappa shape index (κ3) is 4.80. The van der Waals surface area contributed by atoms with Gasteiger partial charge in [0.1, 0.15) is 16.4 Å². The van der Waals surface area contributed by atoms with Crippen LogP contribution in [0.25, 0.3) is 11.8 Å². The van der Waals surface area contributed by atoms with Crippen molar-refractivity contribution in [2.75, 3.05) is 6.61 Å². The molecule has 31 heavy (non-hydrogen) atoms. The van der Waals surface area contributed by atoms with E-state index in [1.165, 1.54) is 0 Å². The van der Waals surface area contributed by atoms with Crippen molar-refractivity contribution in [1.82, 2.24) is 9.55 Å². The first-order chi connectivity index (χ1) is 14.9. The molecule has 0 aliphatic carbocycles. The van der Waals surface area contributed by atoms with Crippen molar-refractivity contribution in [1.29, 1.82) is 0 Å². The smallest absolute Gasteiger partial charge is 0.344 e. The summed E-state index contributed by atoms with van der Waals surface area (Å²) in [5.74, 6) is -1.26. The topological polar surface area (TPSA) is 93.8 Å². The lowest BCUT2D eigenvalue weighted by molar-refractivity contribution is -0.138. The van der Waals surface area contributed by atoms with E-state index >= 15 is 0 Å². The van der Waals surface area contributed by atoms with Crippen molar-refractivity contribution in [3.05, 3.63) is 63.8 Å². The van der Waals surface area contributed by atoms with Crippen LogP contribution in [-0.2, 0) is 14.3 Å². The van der Waals surface area contributed by atoms with Gasteiger partial charge in [-0.15, -0.1) is 0 Å². The largest absolute Gasteiger partial charge is 0.506 e. The van der Waals surface area contributed by atoms with Gasteiger partial charge in [-0.05, 0) is 57.0 Å². The zero-order valence-electron chi connectivity index (χ0n) is 18.0. The number of nitrogens with zero attached hydrogens (tertiary/aromatic N) is 3. The summed E-state index contributed by atoms with van der Waals surface area (Å²) in [6.07, 6.45) is 6.21. The molecular formula is C23H25N3O4S. The van der Waals surface area contributed by atoms with Crippen LogP contribution in [0.3, 0.4) is 0 Å². The number of aliphatic hydroxyl groups excluding tert-OH is 1. The summed E-state index contributed by atoms with van der Waals surface area (Å²) < 4.78 is 7.13. The van der Waals surface area contributed by atoms with Crippen molar-refractivity contribution in [3.63, 3.8) is 0 Å². The van der Waals surface area contributed by atoms with Gasteiger partial charge in [-0.25, -0.2) is 9.79 Å². The van der Waals surface area contributed by atoms with Crippen LogP contribution in [0.2, 0.25) is 0 Å². The van der Waals surface area contributed by atoms with E-state index in [2.05, 4.69) is 14.5 Å². The minimum Gasteiger partial charge on any atom is -0.506 e. The third-order valence-corrected chi connectivity index (χ3v) is 5.74. The normalized spacial score (nSPS) is 16.4. The average molecular weight is 440 g/mol. The first kappa shape index (κ1) is 22.6. The second-order valence-corrected chi connectivity index (χ2v) is 8.02. The van der Waals surface area contributed by atoms with E-state index in [1.54, 1.807) is 25.4 Å². The first-order valence-electron chi connectivity index (χ1n) is 10.1. The number of carbonyl (C=O) groups is 2. The van der Waals surface area contributed by atoms with Crippen molar-refractivity contribution < 1.29 is 19.4 Å². The number of amides is 1. The Morgan fingerprint density at radius 3 is 2.74 bits per heavy atom. The Morgan fingerprint density at radius 2 is 2.10 bits per heavy atom. The highest BCUT2D eigenvalue weighted by molar-refractivity contribution is 8.18. The average Bonchev–Trinajstić information content (AvgIpc) is 3.18. The zero-order valence-corrected chi connectivity index (χ0v) is 18.8. The van der Waals surface area contributed by atoms with Crippen LogP contribution in [0.4, 0.5) is 0 Å². The van der Waals surface area contributed by atoms with Gasteiger partial charge in [0.2, 0.25) is 5.91 Å². The van der Waals surface area contributed by atoms with Gasteiger partial charge in [0, 0.05) is 24.0 Å². The fourth-order valence-electron chi connectivity index (χ4n) is 3.33. The van der Waals surface area contributed by atoms with Crippen LogP contribution in [-0.4, -0.2) is 38.2 Å². The van der Waals surface area contributed by atoms with E-state index in [0.29, 0.717) is 11.3 Å². The fraction of sp³-hybridized carbons (Fsp3) is 0.304. The summed E-state index contributed by atoms with van der Waals surface area (Å²) in [6, 6.07) is 5.83. The molecule has 0 unspecified atom stereocenters. The predicted octanol–water partition coefficient (Wildman–Crippen LogP) is 4.68. The Bertz CT molecular complexity index is 1100. The van der Waals surface area contributed by atoms with E-state index in [0.717, 1.165) is 34.4 Å². The van der Waals surface area contributed by atoms with Gasteiger partial charge in [-0.3, -0.25) is 9.78 Å². The highest BCUT2D eigenvalue weighted by atomic mass is 32.2. The Labute approximate surface area is 185 Å². The van der Waals surface area contributed by atoms with Crippen molar-refractivity contribution >= 4 is 34.8 Å². The molecule has 0 saturated heterocycles. The van der Waals surface area contributed by atoms with Crippen LogP contribution in [0.15, 0.2) is 51.8 Å². The molecule has 1 aliphatic heterocycles. The highest BCUT2D eigenvalue weighted by Gasteiger charge is 2.34. The minimum absolute atomic E-state index is 0.0661. The monoisotopic (exact) mass is 439 g/mol. The summed E-state index contributed by atoms with van der Waals surface area (Å²) in [5, 5.41) is 11.0. The molecular weight excluding hydrogens is 414 g/mol. The summed E-state index contributed by atoms with van der Waals surface area (Å²) >= 11 is 1.09. The molecule has 0 fully saturated rings. The summed E-state index contributed by atoms with van der Waals surface area (Å²) in [5.41, 5.74) is 3.70. The standard InChI is InChI=1S/C23H25N3O4S/c1-5-8-19(27)25-22-20(23(29)30-6-2)21(28)18(31-22)12-16-11-14(3)26(15(16)4)17-9-7-10-24-13-17/h7,9-13,28H,5-6,8H2,1-4H3/b18-12-,25-22?. The lowest BCUT2D eigenvalue weighted by atomic mass is 10.2. The number of aliphatic imine (C=N–C) groups is 1.